The molecular formula is C13H17N5O. The van der Waals surface area contributed by atoms with Gasteiger partial charge in [0.2, 0.25) is 5.89 Å². The first-order valence-corrected chi connectivity index (χ1v) is 6.61. The summed E-state index contributed by atoms with van der Waals surface area (Å²) in [6.45, 7) is 3.84. The molecule has 100 valence electrons. The third kappa shape index (κ3) is 2.89. The Morgan fingerprint density at radius 1 is 1.42 bits per heavy atom. The van der Waals surface area contributed by atoms with Gasteiger partial charge in [0.05, 0.1) is 6.20 Å². The van der Waals surface area contributed by atoms with Crippen molar-refractivity contribution in [2.75, 3.05) is 18.0 Å². The Hall–Kier alpha value is -1.98. The van der Waals surface area contributed by atoms with Crippen LogP contribution in [0.15, 0.2) is 23.1 Å². The van der Waals surface area contributed by atoms with Crippen LogP contribution in [0.4, 0.5) is 5.82 Å². The van der Waals surface area contributed by atoms with Crippen LogP contribution in [0.3, 0.4) is 0 Å². The summed E-state index contributed by atoms with van der Waals surface area (Å²) in [5.74, 6) is 2.95. The van der Waals surface area contributed by atoms with E-state index in [2.05, 4.69) is 25.0 Å². The Bertz CT molecular complexity index is 527. The van der Waals surface area contributed by atoms with Gasteiger partial charge in [0.25, 0.3) is 0 Å². The standard InChI is InChI=1S/C13H17N5O/c1-10-16-12(17-19-10)7-11-3-2-6-18(9-11)13-8-14-4-5-15-13/h4-5,8,11H,2-3,6-7,9H2,1H3/t11-/m0/s1. The van der Waals surface area contributed by atoms with Gasteiger partial charge in [-0.3, -0.25) is 4.98 Å². The van der Waals surface area contributed by atoms with Gasteiger partial charge in [-0.1, -0.05) is 5.16 Å². The molecule has 0 N–H and O–H groups in total. The largest absolute Gasteiger partial charge is 0.355 e. The molecule has 0 aliphatic carbocycles. The Morgan fingerprint density at radius 2 is 2.37 bits per heavy atom. The maximum Gasteiger partial charge on any atom is 0.223 e. The molecule has 2 aromatic heterocycles. The molecule has 0 spiro atoms. The molecule has 19 heavy (non-hydrogen) atoms. The molecule has 1 atom stereocenters. The van der Waals surface area contributed by atoms with E-state index in [1.165, 1.54) is 6.42 Å². The van der Waals surface area contributed by atoms with E-state index in [4.69, 9.17) is 4.52 Å². The van der Waals surface area contributed by atoms with E-state index in [0.29, 0.717) is 11.8 Å². The number of hydrogen-bond acceptors (Lipinski definition) is 6. The molecule has 6 heteroatoms. The van der Waals surface area contributed by atoms with Gasteiger partial charge in [0, 0.05) is 38.8 Å². The van der Waals surface area contributed by atoms with Gasteiger partial charge in [-0.15, -0.1) is 0 Å². The van der Waals surface area contributed by atoms with Gasteiger partial charge >= 0.3 is 0 Å². The number of anilines is 1. The maximum atomic E-state index is 5.02. The van der Waals surface area contributed by atoms with Crippen molar-refractivity contribution in [1.29, 1.82) is 0 Å². The van der Waals surface area contributed by atoms with Crippen molar-refractivity contribution in [2.45, 2.75) is 26.2 Å². The molecule has 1 fully saturated rings. The quantitative estimate of drug-likeness (QED) is 0.834. The van der Waals surface area contributed by atoms with E-state index in [0.717, 1.165) is 37.6 Å². The summed E-state index contributed by atoms with van der Waals surface area (Å²) in [4.78, 5) is 15.1. The zero-order valence-corrected chi connectivity index (χ0v) is 11.0. The van der Waals surface area contributed by atoms with E-state index in [9.17, 15) is 0 Å². The van der Waals surface area contributed by atoms with Gasteiger partial charge in [-0.2, -0.15) is 4.98 Å². The van der Waals surface area contributed by atoms with Crippen LogP contribution in [0, 0.1) is 12.8 Å². The predicted octanol–water partition coefficient (Wildman–Crippen LogP) is 1.63. The Morgan fingerprint density at radius 3 is 3.11 bits per heavy atom. The smallest absolute Gasteiger partial charge is 0.223 e. The second-order valence-corrected chi connectivity index (χ2v) is 4.95. The number of aryl methyl sites for hydroxylation is 1. The Balaban J connectivity index is 1.65. The van der Waals surface area contributed by atoms with Crippen LogP contribution in [-0.4, -0.2) is 33.2 Å². The normalized spacial score (nSPS) is 19.6. The highest BCUT2D eigenvalue weighted by atomic mass is 16.5. The van der Waals surface area contributed by atoms with Crippen LogP contribution in [0.25, 0.3) is 0 Å². The van der Waals surface area contributed by atoms with Gasteiger partial charge in [0.1, 0.15) is 5.82 Å². The SMILES string of the molecule is Cc1nc(C[C@@H]2CCCN(c3cnccn3)C2)no1. The minimum absolute atomic E-state index is 0.549. The van der Waals surface area contributed by atoms with E-state index in [-0.39, 0.29) is 0 Å². The van der Waals surface area contributed by atoms with Gasteiger partial charge < -0.3 is 9.42 Å². The highest BCUT2D eigenvalue weighted by Crippen LogP contribution is 2.23. The summed E-state index contributed by atoms with van der Waals surface area (Å²) in [5.41, 5.74) is 0. The van der Waals surface area contributed by atoms with E-state index < -0.39 is 0 Å². The van der Waals surface area contributed by atoms with Crippen LogP contribution >= 0.6 is 0 Å². The number of hydrogen-bond donors (Lipinski definition) is 0. The molecule has 0 bridgehead atoms. The van der Waals surface area contributed by atoms with Crippen LogP contribution in [0.1, 0.15) is 24.6 Å². The zero-order chi connectivity index (χ0) is 13.1. The molecule has 1 aliphatic heterocycles. The lowest BCUT2D eigenvalue weighted by atomic mass is 9.94. The molecular weight excluding hydrogens is 242 g/mol. The second-order valence-electron chi connectivity index (χ2n) is 4.95. The monoisotopic (exact) mass is 259 g/mol. The van der Waals surface area contributed by atoms with Crippen molar-refractivity contribution in [3.8, 4) is 0 Å². The number of rotatable bonds is 3. The summed E-state index contributed by atoms with van der Waals surface area (Å²) in [7, 11) is 0. The molecule has 0 unspecified atom stereocenters. The average molecular weight is 259 g/mol. The molecule has 0 radical (unpaired) electrons. The topological polar surface area (TPSA) is 67.9 Å². The van der Waals surface area contributed by atoms with Crippen molar-refractivity contribution < 1.29 is 4.52 Å². The van der Waals surface area contributed by atoms with Crippen LogP contribution < -0.4 is 4.90 Å². The molecule has 0 aromatic carbocycles. The summed E-state index contributed by atoms with van der Waals surface area (Å²) < 4.78 is 5.02. The van der Waals surface area contributed by atoms with Crippen molar-refractivity contribution in [2.24, 2.45) is 5.92 Å². The summed E-state index contributed by atoms with van der Waals surface area (Å²) in [6, 6.07) is 0. The minimum Gasteiger partial charge on any atom is -0.355 e. The summed E-state index contributed by atoms with van der Waals surface area (Å²) in [6.07, 6.45) is 8.49. The summed E-state index contributed by atoms with van der Waals surface area (Å²) in [5, 5.41) is 3.98. The minimum atomic E-state index is 0.549. The summed E-state index contributed by atoms with van der Waals surface area (Å²) >= 11 is 0. The average Bonchev–Trinajstić information content (AvgIpc) is 2.85. The molecule has 1 saturated heterocycles. The number of aromatic nitrogens is 4. The Kier molecular flexibility index (Phi) is 3.39. The third-order valence-electron chi connectivity index (χ3n) is 3.43. The fourth-order valence-electron chi connectivity index (χ4n) is 2.58. The molecule has 0 amide bonds. The number of piperidine rings is 1. The van der Waals surface area contributed by atoms with Crippen molar-refractivity contribution >= 4 is 5.82 Å². The van der Waals surface area contributed by atoms with Gasteiger partial charge in [-0.25, -0.2) is 4.98 Å². The van der Waals surface area contributed by atoms with Gasteiger partial charge in [-0.05, 0) is 18.8 Å². The highest BCUT2D eigenvalue weighted by Gasteiger charge is 2.22. The lowest BCUT2D eigenvalue weighted by Gasteiger charge is -2.32. The van der Waals surface area contributed by atoms with Crippen LogP contribution in [0.2, 0.25) is 0 Å². The maximum absolute atomic E-state index is 5.02. The van der Waals surface area contributed by atoms with Crippen molar-refractivity contribution in [1.82, 2.24) is 20.1 Å². The van der Waals surface area contributed by atoms with Crippen molar-refractivity contribution in [3.05, 3.63) is 30.3 Å². The first-order chi connectivity index (χ1) is 9.31. The van der Waals surface area contributed by atoms with Gasteiger partial charge in [0.15, 0.2) is 5.82 Å². The number of nitrogens with zero attached hydrogens (tertiary/aromatic N) is 5. The van der Waals surface area contributed by atoms with E-state index in [1.807, 2.05) is 13.1 Å². The molecule has 0 saturated carbocycles. The third-order valence-corrected chi connectivity index (χ3v) is 3.43. The van der Waals surface area contributed by atoms with Crippen LogP contribution in [0.5, 0.6) is 0 Å². The molecule has 6 nitrogen and oxygen atoms in total. The molecule has 1 aliphatic rings. The van der Waals surface area contributed by atoms with Crippen LogP contribution in [-0.2, 0) is 6.42 Å². The zero-order valence-electron chi connectivity index (χ0n) is 11.0. The fourth-order valence-corrected chi connectivity index (χ4v) is 2.58. The lowest BCUT2D eigenvalue weighted by Crippen LogP contribution is -2.36. The first-order valence-electron chi connectivity index (χ1n) is 6.61. The molecule has 3 heterocycles. The molecule has 3 rings (SSSR count). The Labute approximate surface area is 111 Å². The fraction of sp³-hybridized carbons (Fsp3) is 0.538. The highest BCUT2D eigenvalue weighted by molar-refractivity contribution is 5.35. The van der Waals surface area contributed by atoms with E-state index in [1.54, 1.807) is 12.4 Å². The van der Waals surface area contributed by atoms with E-state index >= 15 is 0 Å². The molecule has 2 aromatic rings. The van der Waals surface area contributed by atoms with Crippen molar-refractivity contribution in [3.63, 3.8) is 0 Å². The predicted molar refractivity (Wildman–Crippen MR) is 69.7 cm³/mol. The second kappa shape index (κ2) is 5.34. The lowest BCUT2D eigenvalue weighted by molar-refractivity contribution is 0.369. The first kappa shape index (κ1) is 12.1.